The van der Waals surface area contributed by atoms with Gasteiger partial charge in [-0.3, -0.25) is 71.0 Å². The summed E-state index contributed by atoms with van der Waals surface area (Å²) in [5, 5.41) is 89.1. The molecule has 8 unspecified atom stereocenters. The number of rotatable bonds is 18. The van der Waals surface area contributed by atoms with E-state index in [1.165, 1.54) is 47.8 Å². The van der Waals surface area contributed by atoms with Gasteiger partial charge in [0, 0.05) is 47.0 Å². The number of phosphoric acid groups is 6. The fourth-order valence-corrected chi connectivity index (χ4v) is 18.4. The molecule has 0 radical (unpaired) electrons. The average Bonchev–Trinajstić information content (AvgIpc) is 1.33. The Bertz CT molecular complexity index is 4460. The highest BCUT2D eigenvalue weighted by Gasteiger charge is 2.56. The fourth-order valence-electron chi connectivity index (χ4n) is 8.77. The SMILES string of the molecule is Cc1cn([C@@H]2O[C@H](CO)[C@H](O)C2O)c(=S)[nH]c1=O.Cc1cn([C@@H]2O[C@H](COP(=O)(Cl)Cl)[C@H](O)C2O)c(=S)[nH]c1=O.Cc1cn([C@@H]2O[C@H](COP(=O)(O)OP(=O)(O)OP(=O)(O)O)[C@H](O)C2O)c(=S)[nH]c1=O.Cc1cn([C@@H]2O[C@H](COP3(=O)OP(=O)(O)OP(=O)(O)O3)[C@H](O)C2O)c(=S)[nH]c1=O. The molecule has 5 saturated heterocycles. The summed E-state index contributed by atoms with van der Waals surface area (Å²) in [6, 6.07) is 0. The van der Waals surface area contributed by atoms with Gasteiger partial charge in [-0.05, 0) is 99.0 Å². The number of hydrogen-bond donors (Lipinski definition) is 19. The van der Waals surface area contributed by atoms with Crippen molar-refractivity contribution in [1.82, 2.24) is 38.2 Å². The van der Waals surface area contributed by atoms with E-state index in [2.05, 4.69) is 55.1 Å². The Morgan fingerprint density at radius 3 is 1.03 bits per heavy atom. The van der Waals surface area contributed by atoms with E-state index in [9.17, 15) is 107 Å². The largest absolute Gasteiger partial charge is 0.492 e. The number of aromatic amines is 4. The summed E-state index contributed by atoms with van der Waals surface area (Å²) in [5.41, 5.74) is -0.449. The molecule has 9 heterocycles. The van der Waals surface area contributed by atoms with Gasteiger partial charge in [0.15, 0.2) is 44.0 Å². The minimum atomic E-state index is -5.71. The molecular weight excluding hydrogens is 1620 g/mol. The van der Waals surface area contributed by atoms with Crippen LogP contribution in [0.1, 0.15) is 47.2 Å². The van der Waals surface area contributed by atoms with Crippen LogP contribution < -0.4 is 22.2 Å². The molecule has 0 bridgehead atoms. The van der Waals surface area contributed by atoms with Crippen molar-refractivity contribution in [2.75, 3.05) is 26.4 Å². The van der Waals surface area contributed by atoms with Crippen LogP contribution in [-0.4, -0.2) is 213 Å². The number of ether oxygens (including phenoxy) is 4. The maximum Gasteiger partial charge on any atom is 0.492 e. The summed E-state index contributed by atoms with van der Waals surface area (Å²) < 4.78 is 139. The Balaban J connectivity index is 0.000000212. The van der Waals surface area contributed by atoms with Crippen molar-refractivity contribution in [3.8, 4) is 0 Å². The van der Waals surface area contributed by atoms with E-state index in [0.29, 0.717) is 11.1 Å². The lowest BCUT2D eigenvalue weighted by atomic mass is 10.1. The molecule has 5 aliphatic heterocycles. The standard InChI is InChI=1S/C10H13Cl2N2O6PS.C10H17N2O14P3S.C10H15N2O13P3S.C10H14N2O5S/c1-4-2-14(10(22)13-8(4)17)9-7(16)6(15)5(20-9)3-19-21(11,12)18;1-4-2-12(10(30)11-8(4)15)9-7(14)6(13)5(24-9)3-23-28(19,20)26-29(21,22)25-27(16,17)18;1-4-2-12(10(29)11-8(4)15)9-7(14)6(13)5(22-9)3-21-28(20)24-26(16,17)23-27(18,19)25-28;1-4-2-12(10(18)11-8(4)16)9-7(15)6(14)5(3-13)17-9/h2,5-7,9,15-16H,3H2,1H3,(H,13,17,22);2,5-7,9,13-14H,3H2,1H3,(H,19,20)(H,21,22)(H,11,15,30)(H2,16,17,18);2,5-7,9,13-14H,3H2,1H3,(H,16,17)(H,18,19)(H,11,15,29);2,5-7,9,13-15H,3H2,1H3,(H,11,16,18)/t4*5-,6+,7?,9-/m1111/s1. The van der Waals surface area contributed by atoms with Crippen LogP contribution in [0.2, 0.25) is 0 Å². The van der Waals surface area contributed by atoms with Crippen LogP contribution in [-0.2, 0) is 86.0 Å². The van der Waals surface area contributed by atoms with E-state index in [0.717, 1.165) is 9.13 Å². The second kappa shape index (κ2) is 33.5. The lowest BCUT2D eigenvalue weighted by Gasteiger charge is -2.27. The zero-order valence-corrected chi connectivity index (χ0v) is 60.8. The molecule has 5 aliphatic rings. The smallest absolute Gasteiger partial charge is 0.394 e. The molecule has 0 spiro atoms. The minimum absolute atomic E-state index is 0.0220. The summed E-state index contributed by atoms with van der Waals surface area (Å²) in [6.07, 6.45) is -19.4. The normalized spacial score (nSPS) is 33.5. The summed E-state index contributed by atoms with van der Waals surface area (Å²) in [4.78, 5) is 109. The maximum absolute atomic E-state index is 12.2. The maximum atomic E-state index is 12.2. The first kappa shape index (κ1) is 85.4. The molecule has 0 aromatic carbocycles. The molecule has 46 nitrogen and oxygen atoms in total. The predicted octanol–water partition coefficient (Wildman–Crippen LogP) is -0.339. The molecule has 5 fully saturated rings. The number of aliphatic hydroxyl groups is 9. The molecule has 99 heavy (non-hydrogen) atoms. The first-order chi connectivity index (χ1) is 45.3. The van der Waals surface area contributed by atoms with Crippen LogP contribution in [0, 0.1) is 46.8 Å². The first-order valence-electron chi connectivity index (χ1n) is 26.7. The molecule has 0 aliphatic carbocycles. The summed E-state index contributed by atoms with van der Waals surface area (Å²) in [7, 11) is -32.2. The highest BCUT2D eigenvalue weighted by Crippen LogP contribution is 2.80. The van der Waals surface area contributed by atoms with Gasteiger partial charge in [-0.2, -0.15) is 21.6 Å². The molecular formula is C40H59Cl2N8O38P7S4. The van der Waals surface area contributed by atoms with E-state index in [1.807, 2.05) is 0 Å². The molecule has 560 valence electrons. The Morgan fingerprint density at radius 2 is 0.747 bits per heavy atom. The van der Waals surface area contributed by atoms with Crippen LogP contribution in [0.15, 0.2) is 44.0 Å². The Kier molecular flexibility index (Phi) is 28.9. The minimum Gasteiger partial charge on any atom is -0.394 e. The van der Waals surface area contributed by atoms with Gasteiger partial charge in [-0.15, -0.1) is 0 Å². The number of H-pyrrole nitrogens is 4. The van der Waals surface area contributed by atoms with Gasteiger partial charge in [0.1, 0.15) is 73.2 Å². The lowest BCUT2D eigenvalue weighted by Crippen LogP contribution is -2.34. The van der Waals surface area contributed by atoms with Crippen LogP contribution in [0.5, 0.6) is 0 Å². The van der Waals surface area contributed by atoms with Crippen molar-refractivity contribution in [3.63, 3.8) is 0 Å². The van der Waals surface area contributed by atoms with Gasteiger partial charge in [-0.1, -0.05) is 0 Å². The van der Waals surface area contributed by atoms with Gasteiger partial charge >= 0.3 is 53.0 Å². The third-order valence-corrected chi connectivity index (χ3v) is 24.9. The molecule has 0 amide bonds. The molecule has 20 atom stereocenters. The number of aryl methyl sites for hydroxylation is 4. The second-order valence-electron chi connectivity index (χ2n) is 20.8. The van der Waals surface area contributed by atoms with Crippen LogP contribution in [0.25, 0.3) is 0 Å². The van der Waals surface area contributed by atoms with E-state index >= 15 is 0 Å². The zero-order chi connectivity index (χ0) is 74.9. The monoisotopic (exact) mass is 1670 g/mol. The van der Waals surface area contributed by atoms with Crippen LogP contribution in [0.3, 0.4) is 0 Å². The molecule has 9 rings (SSSR count). The van der Waals surface area contributed by atoms with Gasteiger partial charge in [0.05, 0.1) is 26.4 Å². The number of aliphatic hydroxyl groups excluding tert-OH is 9. The van der Waals surface area contributed by atoms with E-state index in [1.54, 1.807) is 13.8 Å². The quantitative estimate of drug-likeness (QED) is 0.0448. The van der Waals surface area contributed by atoms with Crippen LogP contribution >= 0.6 is 124 Å². The zero-order valence-electron chi connectivity index (χ0n) is 49.8. The number of nitrogens with one attached hydrogen (secondary N) is 4. The highest BCUT2D eigenvalue weighted by molar-refractivity contribution is 8.05. The summed E-state index contributed by atoms with van der Waals surface area (Å²) >= 11 is 30.4. The molecule has 4 aromatic rings. The number of halogens is 2. The number of phosphoric ester groups is 1. The average molecular weight is 1680 g/mol. The lowest BCUT2D eigenvalue weighted by molar-refractivity contribution is -0.0542. The second-order valence-corrected chi connectivity index (χ2v) is 36.0. The molecule has 0 saturated carbocycles. The highest BCUT2D eigenvalue weighted by atomic mass is 35.9. The van der Waals surface area contributed by atoms with Gasteiger partial charge < -0.3 is 98.8 Å². The van der Waals surface area contributed by atoms with Crippen molar-refractivity contribution >= 4 is 124 Å². The molecule has 19 N–H and O–H groups in total. The molecule has 4 aromatic heterocycles. The summed E-state index contributed by atoms with van der Waals surface area (Å²) in [5.74, 6) is 0. The first-order valence-corrected chi connectivity index (χ1v) is 40.7. The van der Waals surface area contributed by atoms with Crippen molar-refractivity contribution < 1.29 is 161 Å². The van der Waals surface area contributed by atoms with Crippen LogP contribution in [0.4, 0.5) is 0 Å². The Labute approximate surface area is 580 Å². The number of aromatic nitrogens is 8. The summed E-state index contributed by atoms with van der Waals surface area (Å²) in [6.45, 7) is 3.42. The number of nitrogens with zero attached hydrogens (tertiary/aromatic N) is 4. The Hall–Kier alpha value is -2.49. The third kappa shape index (κ3) is 22.8. The molecule has 59 heteroatoms. The van der Waals surface area contributed by atoms with E-state index < -0.39 is 182 Å². The van der Waals surface area contributed by atoms with Crippen molar-refractivity contribution in [2.45, 2.75) is 126 Å². The van der Waals surface area contributed by atoms with E-state index in [4.69, 9.17) is 110 Å². The van der Waals surface area contributed by atoms with Gasteiger partial charge in [0.2, 0.25) is 0 Å². The van der Waals surface area contributed by atoms with Gasteiger partial charge in [-0.25, -0.2) is 27.4 Å². The van der Waals surface area contributed by atoms with Crippen molar-refractivity contribution in [2.24, 2.45) is 0 Å². The van der Waals surface area contributed by atoms with E-state index in [-0.39, 0.29) is 47.9 Å². The fraction of sp³-hybridized carbons (Fsp3) is 0.600. The van der Waals surface area contributed by atoms with Crippen molar-refractivity contribution in [3.05, 3.63) is 108 Å². The van der Waals surface area contributed by atoms with Crippen molar-refractivity contribution in [1.29, 1.82) is 0 Å². The predicted molar refractivity (Wildman–Crippen MR) is 335 cm³/mol. The topological polar surface area (TPSA) is 685 Å². The number of hydrogen-bond acceptors (Lipinski definition) is 36. The third-order valence-electron chi connectivity index (χ3n) is 13.4. The Morgan fingerprint density at radius 1 is 0.465 bits per heavy atom. The van der Waals surface area contributed by atoms with Gasteiger partial charge in [0.25, 0.3) is 22.2 Å².